The number of nitrogens with two attached hydrogens (primary N) is 1. The topological polar surface area (TPSA) is 38.4 Å². The van der Waals surface area contributed by atoms with Gasteiger partial charge in [-0.3, -0.25) is 0 Å². The van der Waals surface area contributed by atoms with Crippen LogP contribution in [0.3, 0.4) is 0 Å². The molecule has 0 aromatic rings. The summed E-state index contributed by atoms with van der Waals surface area (Å²) in [6.45, 7) is 5.77. The Morgan fingerprint density at radius 1 is 1.39 bits per heavy atom. The molecule has 2 N–H and O–H groups in total. The molecule has 0 radical (unpaired) electrons. The van der Waals surface area contributed by atoms with Crippen LogP contribution in [0, 0.1) is 30.1 Å². The summed E-state index contributed by atoms with van der Waals surface area (Å²) in [5.74, 6) is 9.13. The highest BCUT2D eigenvalue weighted by atomic mass is 14.9. The molecule has 0 aromatic carbocycles. The number of nitrogens with zero attached hydrogens (tertiary/aromatic N) is 1. The molecular formula is C16H24N2. The Balaban J connectivity index is 4.22. The molecule has 0 aromatic heterocycles. The molecule has 0 fully saturated rings. The average molecular weight is 244 g/mol. The van der Waals surface area contributed by atoms with Crippen molar-refractivity contribution in [3.05, 3.63) is 11.8 Å². The van der Waals surface area contributed by atoms with E-state index in [-0.39, 0.29) is 5.92 Å². The van der Waals surface area contributed by atoms with Gasteiger partial charge in [-0.15, -0.1) is 18.3 Å². The minimum Gasteiger partial charge on any atom is -0.386 e. The van der Waals surface area contributed by atoms with Gasteiger partial charge in [-0.2, -0.15) is 0 Å². The van der Waals surface area contributed by atoms with Crippen molar-refractivity contribution in [3.8, 4) is 24.2 Å². The SMILES string of the molecule is C#CCCCCC/C(=C/C)N=C(N)C(C)C#CC. The van der Waals surface area contributed by atoms with Crippen LogP contribution in [0.1, 0.15) is 52.9 Å². The van der Waals surface area contributed by atoms with Crippen LogP contribution in [0.2, 0.25) is 0 Å². The van der Waals surface area contributed by atoms with Crippen LogP contribution >= 0.6 is 0 Å². The minimum absolute atomic E-state index is 0.0198. The first-order valence-electron chi connectivity index (χ1n) is 6.50. The van der Waals surface area contributed by atoms with E-state index in [1.54, 1.807) is 0 Å². The normalized spacial score (nSPS) is 13.4. The third-order valence-electron chi connectivity index (χ3n) is 2.66. The van der Waals surface area contributed by atoms with Crippen molar-refractivity contribution in [1.29, 1.82) is 0 Å². The molecule has 18 heavy (non-hydrogen) atoms. The Kier molecular flexibility index (Phi) is 9.51. The largest absolute Gasteiger partial charge is 0.386 e. The smallest absolute Gasteiger partial charge is 0.114 e. The Hall–Kier alpha value is -1.67. The number of rotatable bonds is 7. The summed E-state index contributed by atoms with van der Waals surface area (Å²) >= 11 is 0. The quantitative estimate of drug-likeness (QED) is 0.316. The molecule has 98 valence electrons. The van der Waals surface area contributed by atoms with Gasteiger partial charge in [-0.05, 0) is 40.0 Å². The number of hydrogen-bond donors (Lipinski definition) is 1. The second kappa shape index (κ2) is 10.5. The van der Waals surface area contributed by atoms with E-state index in [2.05, 4.69) is 22.8 Å². The maximum Gasteiger partial charge on any atom is 0.114 e. The lowest BCUT2D eigenvalue weighted by Gasteiger charge is -2.06. The Labute approximate surface area is 112 Å². The van der Waals surface area contributed by atoms with Gasteiger partial charge in [0.05, 0.1) is 5.92 Å². The number of allylic oxidation sites excluding steroid dienone is 2. The van der Waals surface area contributed by atoms with Gasteiger partial charge in [-0.1, -0.05) is 18.4 Å². The fraction of sp³-hybridized carbons (Fsp3) is 0.562. The number of unbranched alkanes of at least 4 members (excludes halogenated alkanes) is 3. The molecule has 2 nitrogen and oxygen atoms in total. The molecule has 0 amide bonds. The van der Waals surface area contributed by atoms with Crippen molar-refractivity contribution < 1.29 is 0 Å². The maximum atomic E-state index is 5.91. The molecule has 0 aliphatic carbocycles. The zero-order valence-corrected chi connectivity index (χ0v) is 11.8. The van der Waals surface area contributed by atoms with Crippen molar-refractivity contribution in [2.45, 2.75) is 52.9 Å². The first-order chi connectivity index (χ1) is 8.65. The van der Waals surface area contributed by atoms with Crippen LogP contribution in [-0.4, -0.2) is 5.84 Å². The molecule has 0 aliphatic rings. The van der Waals surface area contributed by atoms with E-state index in [1.807, 2.05) is 26.8 Å². The lowest BCUT2D eigenvalue weighted by molar-refractivity contribution is 0.686. The second-order valence-electron chi connectivity index (χ2n) is 4.20. The highest BCUT2D eigenvalue weighted by Gasteiger charge is 2.03. The molecule has 0 rings (SSSR count). The van der Waals surface area contributed by atoms with Crippen LogP contribution in [0.15, 0.2) is 16.8 Å². The van der Waals surface area contributed by atoms with E-state index in [1.165, 1.54) is 0 Å². The van der Waals surface area contributed by atoms with Gasteiger partial charge < -0.3 is 5.73 Å². The van der Waals surface area contributed by atoms with E-state index in [0.29, 0.717) is 5.84 Å². The highest BCUT2D eigenvalue weighted by Crippen LogP contribution is 2.12. The van der Waals surface area contributed by atoms with Crippen LogP contribution in [0.5, 0.6) is 0 Å². The predicted molar refractivity (Wildman–Crippen MR) is 79.9 cm³/mol. The molecule has 0 heterocycles. The van der Waals surface area contributed by atoms with E-state index in [4.69, 9.17) is 12.2 Å². The first-order valence-corrected chi connectivity index (χ1v) is 6.50. The summed E-state index contributed by atoms with van der Waals surface area (Å²) in [6.07, 6.45) is 12.4. The summed E-state index contributed by atoms with van der Waals surface area (Å²) in [5, 5.41) is 0. The molecule has 0 bridgehead atoms. The summed E-state index contributed by atoms with van der Waals surface area (Å²) in [6, 6.07) is 0. The fourth-order valence-corrected chi connectivity index (χ4v) is 1.53. The van der Waals surface area contributed by atoms with Crippen LogP contribution in [-0.2, 0) is 0 Å². The molecule has 1 unspecified atom stereocenters. The van der Waals surface area contributed by atoms with Crippen molar-refractivity contribution in [2.75, 3.05) is 0 Å². The number of amidine groups is 1. The molecular weight excluding hydrogens is 220 g/mol. The Bertz CT molecular complexity index is 386. The Morgan fingerprint density at radius 3 is 2.67 bits per heavy atom. The third-order valence-corrected chi connectivity index (χ3v) is 2.66. The third kappa shape index (κ3) is 7.58. The minimum atomic E-state index is 0.0198. The zero-order chi connectivity index (χ0) is 13.8. The fourth-order valence-electron chi connectivity index (χ4n) is 1.53. The monoisotopic (exact) mass is 244 g/mol. The Morgan fingerprint density at radius 2 is 2.11 bits per heavy atom. The number of terminal acetylenes is 1. The summed E-state index contributed by atoms with van der Waals surface area (Å²) < 4.78 is 0. The standard InChI is InChI=1S/C16H24N2/c1-5-8-9-10-11-13-15(7-3)18-16(17)14(4)12-6-2/h1,7,14H,8-11,13H2,2-4H3,(H2,17,18)/b15-7-. The van der Waals surface area contributed by atoms with Crippen LogP contribution in [0.25, 0.3) is 0 Å². The van der Waals surface area contributed by atoms with Crippen LogP contribution in [0.4, 0.5) is 0 Å². The average Bonchev–Trinajstić information content (AvgIpc) is 2.37. The van der Waals surface area contributed by atoms with E-state index in [0.717, 1.165) is 37.8 Å². The van der Waals surface area contributed by atoms with Gasteiger partial charge in [0.1, 0.15) is 5.84 Å². The van der Waals surface area contributed by atoms with Gasteiger partial charge >= 0.3 is 0 Å². The maximum absolute atomic E-state index is 5.91. The van der Waals surface area contributed by atoms with Crippen molar-refractivity contribution >= 4 is 5.84 Å². The van der Waals surface area contributed by atoms with Crippen molar-refractivity contribution in [2.24, 2.45) is 16.6 Å². The van der Waals surface area contributed by atoms with Gasteiger partial charge in [0.2, 0.25) is 0 Å². The zero-order valence-electron chi connectivity index (χ0n) is 11.8. The van der Waals surface area contributed by atoms with Gasteiger partial charge in [0.25, 0.3) is 0 Å². The molecule has 1 atom stereocenters. The van der Waals surface area contributed by atoms with E-state index in [9.17, 15) is 0 Å². The molecule has 0 saturated carbocycles. The molecule has 0 spiro atoms. The predicted octanol–water partition coefficient (Wildman–Crippen LogP) is 3.49. The number of aliphatic imine (C=N–C) groups is 1. The number of hydrogen-bond acceptors (Lipinski definition) is 1. The molecule has 2 heteroatoms. The highest BCUT2D eigenvalue weighted by molar-refractivity contribution is 5.85. The summed E-state index contributed by atoms with van der Waals surface area (Å²) in [7, 11) is 0. The lowest BCUT2D eigenvalue weighted by atomic mass is 10.1. The van der Waals surface area contributed by atoms with Crippen molar-refractivity contribution in [1.82, 2.24) is 0 Å². The molecule has 0 saturated heterocycles. The van der Waals surface area contributed by atoms with Gasteiger partial charge in [0.15, 0.2) is 0 Å². The lowest BCUT2D eigenvalue weighted by Crippen LogP contribution is -2.20. The summed E-state index contributed by atoms with van der Waals surface area (Å²) in [4.78, 5) is 4.44. The molecule has 0 aliphatic heterocycles. The van der Waals surface area contributed by atoms with E-state index < -0.39 is 0 Å². The second-order valence-corrected chi connectivity index (χ2v) is 4.20. The van der Waals surface area contributed by atoms with Crippen molar-refractivity contribution in [3.63, 3.8) is 0 Å². The first kappa shape index (κ1) is 16.3. The van der Waals surface area contributed by atoms with E-state index >= 15 is 0 Å². The van der Waals surface area contributed by atoms with Gasteiger partial charge in [0, 0.05) is 12.1 Å². The van der Waals surface area contributed by atoms with Crippen LogP contribution < -0.4 is 5.73 Å². The summed E-state index contributed by atoms with van der Waals surface area (Å²) in [5.41, 5.74) is 6.95. The van der Waals surface area contributed by atoms with Gasteiger partial charge in [-0.25, -0.2) is 4.99 Å².